The van der Waals surface area contributed by atoms with Crippen molar-refractivity contribution in [3.05, 3.63) is 41.3 Å². The number of rotatable bonds is 6. The zero-order valence-corrected chi connectivity index (χ0v) is 14.2. The maximum atomic E-state index is 12.3. The van der Waals surface area contributed by atoms with Crippen molar-refractivity contribution in [2.45, 2.75) is 31.6 Å². The van der Waals surface area contributed by atoms with Crippen LogP contribution >= 0.6 is 0 Å². The van der Waals surface area contributed by atoms with Crippen LogP contribution in [-0.2, 0) is 10.0 Å². The highest BCUT2D eigenvalue weighted by molar-refractivity contribution is 7.90. The SMILES string of the molecule is Cc1noc(C)c1S(=O)(=O)NC(=O)c1ccc(OCC2CC2)cc1. The quantitative estimate of drug-likeness (QED) is 0.857. The Kier molecular flexibility index (Phi) is 4.31. The van der Waals surface area contributed by atoms with E-state index in [0.29, 0.717) is 18.3 Å². The first kappa shape index (κ1) is 16.5. The highest BCUT2D eigenvalue weighted by Gasteiger charge is 2.26. The van der Waals surface area contributed by atoms with Gasteiger partial charge in [-0.3, -0.25) is 4.79 Å². The van der Waals surface area contributed by atoms with Crippen molar-refractivity contribution < 1.29 is 22.5 Å². The van der Waals surface area contributed by atoms with Gasteiger partial charge in [0, 0.05) is 5.56 Å². The number of nitrogens with one attached hydrogen (secondary N) is 1. The number of sulfonamides is 1. The fraction of sp³-hybridized carbons (Fsp3) is 0.375. The van der Waals surface area contributed by atoms with Crippen LogP contribution in [0.5, 0.6) is 5.75 Å². The largest absolute Gasteiger partial charge is 0.493 e. The minimum absolute atomic E-state index is 0.111. The molecule has 0 aliphatic heterocycles. The summed E-state index contributed by atoms with van der Waals surface area (Å²) in [6.45, 7) is 3.65. The van der Waals surface area contributed by atoms with Crippen molar-refractivity contribution in [3.63, 3.8) is 0 Å². The Morgan fingerprint density at radius 1 is 1.29 bits per heavy atom. The van der Waals surface area contributed by atoms with Crippen LogP contribution in [0.3, 0.4) is 0 Å². The highest BCUT2D eigenvalue weighted by Crippen LogP contribution is 2.29. The summed E-state index contributed by atoms with van der Waals surface area (Å²) in [4.78, 5) is 12.1. The van der Waals surface area contributed by atoms with E-state index in [0.717, 1.165) is 0 Å². The van der Waals surface area contributed by atoms with Crippen LogP contribution in [0, 0.1) is 19.8 Å². The summed E-state index contributed by atoms with van der Waals surface area (Å²) in [5.41, 5.74) is 0.431. The first-order chi connectivity index (χ1) is 11.4. The molecule has 1 aliphatic carbocycles. The number of amides is 1. The molecule has 1 N–H and O–H groups in total. The summed E-state index contributed by atoms with van der Waals surface area (Å²) in [7, 11) is -4.04. The molecule has 0 unspecified atom stereocenters. The molecule has 2 aromatic rings. The van der Waals surface area contributed by atoms with Crippen LogP contribution in [0.1, 0.15) is 34.7 Å². The minimum atomic E-state index is -4.04. The Morgan fingerprint density at radius 3 is 2.50 bits per heavy atom. The van der Waals surface area contributed by atoms with Gasteiger partial charge in [0.05, 0.1) is 6.61 Å². The van der Waals surface area contributed by atoms with Crippen LogP contribution in [0.25, 0.3) is 0 Å². The lowest BCUT2D eigenvalue weighted by atomic mass is 10.2. The molecule has 0 radical (unpaired) electrons. The third-order valence-electron chi connectivity index (χ3n) is 3.76. The van der Waals surface area contributed by atoms with Crippen LogP contribution in [-0.4, -0.2) is 26.1 Å². The molecule has 3 rings (SSSR count). The molecule has 0 bridgehead atoms. The number of nitrogens with zero attached hydrogens (tertiary/aromatic N) is 1. The summed E-state index contributed by atoms with van der Waals surface area (Å²) in [6.07, 6.45) is 2.39. The smallest absolute Gasteiger partial charge is 0.269 e. The molecule has 1 aliphatic rings. The Morgan fingerprint density at radius 2 is 1.96 bits per heavy atom. The molecule has 0 atom stereocenters. The van der Waals surface area contributed by atoms with Crippen LogP contribution in [0.4, 0.5) is 0 Å². The maximum Gasteiger partial charge on any atom is 0.269 e. The van der Waals surface area contributed by atoms with Gasteiger partial charge < -0.3 is 9.26 Å². The first-order valence-electron chi connectivity index (χ1n) is 7.59. The van der Waals surface area contributed by atoms with Gasteiger partial charge in [-0.05, 0) is 56.9 Å². The molecule has 8 heteroatoms. The summed E-state index contributed by atoms with van der Waals surface area (Å²) >= 11 is 0. The lowest BCUT2D eigenvalue weighted by Gasteiger charge is -2.08. The number of carbonyl (C=O) groups is 1. The highest BCUT2D eigenvalue weighted by atomic mass is 32.2. The number of aromatic nitrogens is 1. The van der Waals surface area contributed by atoms with E-state index in [1.807, 2.05) is 4.72 Å². The van der Waals surface area contributed by atoms with E-state index in [1.165, 1.54) is 38.8 Å². The lowest BCUT2D eigenvalue weighted by Crippen LogP contribution is -2.31. The molecule has 0 spiro atoms. The van der Waals surface area contributed by atoms with Crippen LogP contribution in [0.15, 0.2) is 33.7 Å². The van der Waals surface area contributed by atoms with Crippen LogP contribution in [0.2, 0.25) is 0 Å². The van der Waals surface area contributed by atoms with Gasteiger partial charge in [-0.25, -0.2) is 13.1 Å². The Balaban J connectivity index is 1.69. The number of hydrogen-bond donors (Lipinski definition) is 1. The van der Waals surface area contributed by atoms with E-state index in [2.05, 4.69) is 5.16 Å². The molecular formula is C16H18N2O5S. The molecule has 1 aromatic carbocycles. The zero-order valence-electron chi connectivity index (χ0n) is 13.4. The average molecular weight is 350 g/mol. The Bertz CT molecular complexity index is 832. The van der Waals surface area contributed by atoms with Gasteiger partial charge in [0.25, 0.3) is 15.9 Å². The van der Waals surface area contributed by atoms with E-state index >= 15 is 0 Å². The van der Waals surface area contributed by atoms with Crippen molar-refractivity contribution in [3.8, 4) is 5.75 Å². The molecule has 1 amide bonds. The van der Waals surface area contributed by atoms with Gasteiger partial charge in [0.15, 0.2) is 10.7 Å². The third kappa shape index (κ3) is 3.59. The van der Waals surface area contributed by atoms with Crippen molar-refractivity contribution in [2.24, 2.45) is 5.92 Å². The molecule has 24 heavy (non-hydrogen) atoms. The van der Waals surface area contributed by atoms with E-state index < -0.39 is 15.9 Å². The van der Waals surface area contributed by atoms with Gasteiger partial charge in [0.2, 0.25) is 0 Å². The van der Waals surface area contributed by atoms with Crippen molar-refractivity contribution in [1.29, 1.82) is 0 Å². The molecule has 0 saturated heterocycles. The van der Waals surface area contributed by atoms with Crippen molar-refractivity contribution in [2.75, 3.05) is 6.61 Å². The van der Waals surface area contributed by atoms with Gasteiger partial charge in [-0.15, -0.1) is 0 Å². The number of hydrogen-bond acceptors (Lipinski definition) is 6. The number of aryl methyl sites for hydroxylation is 2. The maximum absolute atomic E-state index is 12.3. The molecule has 1 heterocycles. The van der Waals surface area contributed by atoms with Crippen molar-refractivity contribution >= 4 is 15.9 Å². The van der Waals surface area contributed by atoms with E-state index in [1.54, 1.807) is 12.1 Å². The lowest BCUT2D eigenvalue weighted by molar-refractivity contribution is 0.0981. The van der Waals surface area contributed by atoms with Gasteiger partial charge in [0.1, 0.15) is 11.4 Å². The Hall–Kier alpha value is -2.35. The summed E-state index contributed by atoms with van der Waals surface area (Å²) in [6, 6.07) is 6.36. The minimum Gasteiger partial charge on any atom is -0.493 e. The van der Waals surface area contributed by atoms with E-state index in [-0.39, 0.29) is 21.9 Å². The molecular weight excluding hydrogens is 332 g/mol. The van der Waals surface area contributed by atoms with Gasteiger partial charge in [-0.2, -0.15) is 0 Å². The first-order valence-corrected chi connectivity index (χ1v) is 9.08. The number of benzene rings is 1. The van der Waals surface area contributed by atoms with E-state index in [9.17, 15) is 13.2 Å². The monoisotopic (exact) mass is 350 g/mol. The van der Waals surface area contributed by atoms with E-state index in [4.69, 9.17) is 9.26 Å². The van der Waals surface area contributed by atoms with Gasteiger partial charge in [-0.1, -0.05) is 5.16 Å². The fourth-order valence-electron chi connectivity index (χ4n) is 2.29. The number of ether oxygens (including phenoxy) is 1. The summed E-state index contributed by atoms with van der Waals surface area (Å²) < 4.78 is 37.1. The standard InChI is InChI=1S/C16H18N2O5S/c1-10-15(11(2)23-17-10)24(20,21)18-16(19)13-5-7-14(8-6-13)22-9-12-3-4-12/h5-8,12H,3-4,9H2,1-2H3,(H,18,19). The average Bonchev–Trinajstić information content (AvgIpc) is 3.29. The number of carbonyl (C=O) groups excluding carboxylic acids is 1. The topological polar surface area (TPSA) is 98.5 Å². The Labute approximate surface area is 140 Å². The van der Waals surface area contributed by atoms with Crippen LogP contribution < -0.4 is 9.46 Å². The molecule has 1 saturated carbocycles. The molecule has 1 fully saturated rings. The second-order valence-electron chi connectivity index (χ2n) is 5.87. The fourth-order valence-corrected chi connectivity index (χ4v) is 3.60. The molecule has 1 aromatic heterocycles. The van der Waals surface area contributed by atoms with Crippen molar-refractivity contribution in [1.82, 2.24) is 9.88 Å². The second kappa shape index (κ2) is 6.27. The molecule has 128 valence electrons. The predicted octanol–water partition coefficient (Wildman–Crippen LogP) is 2.20. The predicted molar refractivity (Wildman–Crippen MR) is 85.3 cm³/mol. The van der Waals surface area contributed by atoms with Gasteiger partial charge >= 0.3 is 0 Å². The third-order valence-corrected chi connectivity index (χ3v) is 5.34. The normalized spacial score (nSPS) is 14.4. The molecule has 7 nitrogen and oxygen atoms in total. The second-order valence-corrected chi connectivity index (χ2v) is 7.49. The summed E-state index contributed by atoms with van der Waals surface area (Å²) in [5, 5.41) is 3.59. The zero-order chi connectivity index (χ0) is 17.3. The summed E-state index contributed by atoms with van der Waals surface area (Å²) in [5.74, 6) is 0.709.